The minimum absolute atomic E-state index is 0.0176. The van der Waals surface area contributed by atoms with Crippen molar-refractivity contribution in [2.24, 2.45) is 34.4 Å². The molecule has 0 spiro atoms. The van der Waals surface area contributed by atoms with Gasteiger partial charge in [-0.25, -0.2) is 9.97 Å². The number of aliphatic imine (C=N–C) groups is 1. The number of carbonyl (C=O) groups excluding carboxylic acids is 2. The first-order valence-electron chi connectivity index (χ1n) is 20.7. The van der Waals surface area contributed by atoms with Gasteiger partial charge in [0.1, 0.15) is 24.4 Å². The number of allylic oxidation sites excluding steroid dienone is 1. The molecule has 7 rings (SSSR count). The molecule has 0 radical (unpaired) electrons. The predicted octanol–water partition coefficient (Wildman–Crippen LogP) is 6.40. The summed E-state index contributed by atoms with van der Waals surface area (Å²) in [6.07, 6.45) is 22.2. The van der Waals surface area contributed by atoms with E-state index in [4.69, 9.17) is 25.2 Å². The minimum atomic E-state index is -0.446. The van der Waals surface area contributed by atoms with Crippen LogP contribution in [0.5, 0.6) is 0 Å². The van der Waals surface area contributed by atoms with E-state index < -0.39 is 5.97 Å². The smallest absolute Gasteiger partial charge is 0.327 e. The molecule has 2 saturated carbocycles. The lowest BCUT2D eigenvalue weighted by atomic mass is 9.82. The second-order valence-corrected chi connectivity index (χ2v) is 16.0. The normalized spacial score (nSPS) is 20.2. The van der Waals surface area contributed by atoms with Crippen LogP contribution in [0.15, 0.2) is 60.0 Å². The standard InChI is InChI=1S/C42H56N12O4/c1-4-57-38(56)27-53-26-35(22-47-53)49-42-46-20-33-17-36(54(40(33)51-42)25-30-10-8-28(2)9-11-30)13-15-58-37(55)23-44-21-34(18-43)48-41-45-19-32-12-14-52(39(32)50-41)24-31-7-5-6-29(3)16-31/h12,14,17-22,26,28-31H,4-11,13,15-16,23-25,27,43H2,1-3H3,(H,45,48,50)(H,46,49,51). The first-order chi connectivity index (χ1) is 28.2. The van der Waals surface area contributed by atoms with Crippen molar-refractivity contribution in [1.29, 1.82) is 0 Å². The number of hydrogen-bond acceptors (Lipinski definition) is 13. The van der Waals surface area contributed by atoms with Gasteiger partial charge in [-0.3, -0.25) is 19.3 Å². The van der Waals surface area contributed by atoms with Crippen molar-refractivity contribution in [3.05, 3.63) is 60.7 Å². The molecule has 308 valence electrons. The van der Waals surface area contributed by atoms with Crippen LogP contribution < -0.4 is 16.4 Å². The Bertz CT molecular complexity index is 2230. The summed E-state index contributed by atoms with van der Waals surface area (Å²) in [6, 6.07) is 4.12. The van der Waals surface area contributed by atoms with Crippen LogP contribution in [0.3, 0.4) is 0 Å². The van der Waals surface area contributed by atoms with Crippen LogP contribution in [-0.4, -0.2) is 76.8 Å². The third-order valence-electron chi connectivity index (χ3n) is 11.3. The number of nitrogens with one attached hydrogen (secondary N) is 2. The number of rotatable bonds is 17. The highest BCUT2D eigenvalue weighted by Gasteiger charge is 2.23. The highest BCUT2D eigenvalue weighted by atomic mass is 16.5. The Hall–Kier alpha value is -5.80. The number of anilines is 3. The summed E-state index contributed by atoms with van der Waals surface area (Å²) in [5, 5.41) is 12.5. The maximum absolute atomic E-state index is 12.8. The summed E-state index contributed by atoms with van der Waals surface area (Å²) in [5.74, 6) is 2.70. The van der Waals surface area contributed by atoms with Gasteiger partial charge in [-0.05, 0) is 68.4 Å². The van der Waals surface area contributed by atoms with Crippen molar-refractivity contribution in [3.63, 3.8) is 0 Å². The lowest BCUT2D eigenvalue weighted by Gasteiger charge is -2.27. The van der Waals surface area contributed by atoms with Gasteiger partial charge in [0.05, 0.1) is 30.8 Å². The predicted molar refractivity (Wildman–Crippen MR) is 223 cm³/mol. The zero-order valence-electron chi connectivity index (χ0n) is 33.8. The van der Waals surface area contributed by atoms with Gasteiger partial charge in [0.25, 0.3) is 0 Å². The monoisotopic (exact) mass is 792 g/mol. The van der Waals surface area contributed by atoms with Crippen molar-refractivity contribution in [1.82, 2.24) is 38.9 Å². The molecule has 58 heavy (non-hydrogen) atoms. The van der Waals surface area contributed by atoms with Gasteiger partial charge >= 0.3 is 11.9 Å². The van der Waals surface area contributed by atoms with E-state index in [1.807, 2.05) is 6.07 Å². The number of carbonyl (C=O) groups is 2. The van der Waals surface area contributed by atoms with E-state index in [0.717, 1.165) is 65.5 Å². The van der Waals surface area contributed by atoms with Crippen LogP contribution in [0, 0.1) is 23.7 Å². The van der Waals surface area contributed by atoms with Crippen molar-refractivity contribution in [2.45, 2.75) is 98.2 Å². The zero-order chi connectivity index (χ0) is 40.4. The molecule has 5 aromatic heterocycles. The van der Waals surface area contributed by atoms with E-state index >= 15 is 0 Å². The maximum atomic E-state index is 12.8. The first kappa shape index (κ1) is 40.4. The first-order valence-corrected chi connectivity index (χ1v) is 20.7. The topological polar surface area (TPSA) is 194 Å². The summed E-state index contributed by atoms with van der Waals surface area (Å²) >= 11 is 0. The van der Waals surface area contributed by atoms with Gasteiger partial charge in [0.2, 0.25) is 11.9 Å². The Labute approximate surface area is 338 Å². The molecule has 5 aromatic rings. The molecule has 16 nitrogen and oxygen atoms in total. The number of esters is 2. The molecule has 2 fully saturated rings. The fourth-order valence-corrected chi connectivity index (χ4v) is 8.28. The number of ether oxygens (including phenoxy) is 2. The second kappa shape index (κ2) is 19.1. The lowest BCUT2D eigenvalue weighted by molar-refractivity contribution is -0.144. The molecular formula is C42H56N12O4. The third kappa shape index (κ3) is 10.6. The van der Waals surface area contributed by atoms with Crippen molar-refractivity contribution < 1.29 is 19.1 Å². The minimum Gasteiger partial charge on any atom is -0.465 e. The van der Waals surface area contributed by atoms with Gasteiger partial charge < -0.3 is 35.0 Å². The fraction of sp³-hybridized carbons (Fsp3) is 0.524. The van der Waals surface area contributed by atoms with E-state index in [9.17, 15) is 9.59 Å². The summed E-state index contributed by atoms with van der Waals surface area (Å²) in [5.41, 5.74) is 9.74. The summed E-state index contributed by atoms with van der Waals surface area (Å²) < 4.78 is 16.6. The Morgan fingerprint density at radius 1 is 0.931 bits per heavy atom. The maximum Gasteiger partial charge on any atom is 0.327 e. The molecular weight excluding hydrogens is 737 g/mol. The number of hydrogen-bond donors (Lipinski definition) is 3. The van der Waals surface area contributed by atoms with Crippen LogP contribution in [0.2, 0.25) is 0 Å². The van der Waals surface area contributed by atoms with E-state index in [2.05, 4.69) is 65.9 Å². The summed E-state index contributed by atoms with van der Waals surface area (Å²) in [7, 11) is 0. The Kier molecular flexibility index (Phi) is 13.3. The number of nitrogens with two attached hydrogens (primary N) is 1. The second-order valence-electron chi connectivity index (χ2n) is 16.0. The highest BCUT2D eigenvalue weighted by Crippen LogP contribution is 2.32. The molecule has 16 heteroatoms. The average molecular weight is 793 g/mol. The molecule has 2 unspecified atom stereocenters. The quantitative estimate of drug-likeness (QED) is 0.0694. The summed E-state index contributed by atoms with van der Waals surface area (Å²) in [4.78, 5) is 47.7. The number of aromatic nitrogens is 8. The van der Waals surface area contributed by atoms with Crippen LogP contribution in [0.1, 0.15) is 77.8 Å². The van der Waals surface area contributed by atoms with Crippen molar-refractivity contribution in [3.8, 4) is 0 Å². The van der Waals surface area contributed by atoms with Crippen molar-refractivity contribution >= 4 is 57.8 Å². The zero-order valence-corrected chi connectivity index (χ0v) is 33.8. The van der Waals surface area contributed by atoms with E-state index in [1.165, 1.54) is 55.6 Å². The fourth-order valence-electron chi connectivity index (χ4n) is 8.28. The molecule has 0 saturated heterocycles. The van der Waals surface area contributed by atoms with Gasteiger partial charge in [0.15, 0.2) is 0 Å². The van der Waals surface area contributed by atoms with Gasteiger partial charge in [0, 0.05) is 73.2 Å². The molecule has 0 amide bonds. The van der Waals surface area contributed by atoms with E-state index in [-0.39, 0.29) is 25.7 Å². The third-order valence-corrected chi connectivity index (χ3v) is 11.3. The van der Waals surface area contributed by atoms with Crippen LogP contribution in [-0.2, 0) is 45.1 Å². The Balaban J connectivity index is 0.951. The number of fused-ring (bicyclic) bond motifs is 2. The molecule has 4 N–H and O–H groups in total. The van der Waals surface area contributed by atoms with Gasteiger partial charge in [-0.1, -0.05) is 39.5 Å². The highest BCUT2D eigenvalue weighted by molar-refractivity contribution is 5.85. The Morgan fingerprint density at radius 2 is 1.74 bits per heavy atom. The average Bonchev–Trinajstić information content (AvgIpc) is 3.92. The summed E-state index contributed by atoms with van der Waals surface area (Å²) in [6.45, 7) is 8.55. The van der Waals surface area contributed by atoms with E-state index in [1.54, 1.807) is 31.7 Å². The van der Waals surface area contributed by atoms with Gasteiger partial charge in [-0.2, -0.15) is 15.1 Å². The van der Waals surface area contributed by atoms with Crippen LogP contribution in [0.25, 0.3) is 22.1 Å². The molecule has 0 bridgehead atoms. The molecule has 0 aromatic carbocycles. The van der Waals surface area contributed by atoms with Gasteiger partial charge in [-0.15, -0.1) is 0 Å². The Morgan fingerprint density at radius 3 is 2.55 bits per heavy atom. The molecule has 5 heterocycles. The number of nitrogens with zero attached hydrogens (tertiary/aromatic N) is 9. The van der Waals surface area contributed by atoms with Crippen molar-refractivity contribution in [2.75, 3.05) is 30.4 Å². The van der Waals surface area contributed by atoms with E-state index in [0.29, 0.717) is 48.1 Å². The molecule has 0 aliphatic heterocycles. The molecule has 2 aliphatic carbocycles. The SMILES string of the molecule is CCOC(=O)Cn1cc(Nc2ncc3cc(CCOC(=O)CN=CC(=CN)Nc4ncc5ccn(CC6CCCC(C)C6)c5n4)n(CC4CCC(C)CC4)c3n2)cn1. The lowest BCUT2D eigenvalue weighted by Crippen LogP contribution is -2.20. The largest absolute Gasteiger partial charge is 0.465 e. The molecule has 2 aliphatic rings. The van der Waals surface area contributed by atoms with Crippen LogP contribution in [0.4, 0.5) is 17.6 Å². The molecule has 2 atom stereocenters. The van der Waals surface area contributed by atoms with Crippen LogP contribution >= 0.6 is 0 Å².